The van der Waals surface area contributed by atoms with Gasteiger partial charge in [-0.05, 0) is 37.0 Å². The van der Waals surface area contributed by atoms with Crippen LogP contribution in [0.3, 0.4) is 0 Å². The predicted octanol–water partition coefficient (Wildman–Crippen LogP) is 3.05. The number of nitrogens with zero attached hydrogens (tertiary/aromatic N) is 3. The number of benzene rings is 1. The minimum atomic E-state index is -0.221. The number of rotatable bonds is 6. The van der Waals surface area contributed by atoms with Gasteiger partial charge in [0.25, 0.3) is 5.91 Å². The van der Waals surface area contributed by atoms with Crippen LogP contribution in [0.15, 0.2) is 55.5 Å². The number of likely N-dealkylation sites (tertiary alicyclic amines) is 1. The van der Waals surface area contributed by atoms with Crippen LogP contribution in [0, 0.1) is 5.92 Å². The van der Waals surface area contributed by atoms with Crippen molar-refractivity contribution in [1.29, 1.82) is 0 Å². The van der Waals surface area contributed by atoms with Gasteiger partial charge in [-0.15, -0.1) is 0 Å². The van der Waals surface area contributed by atoms with Crippen LogP contribution in [0.2, 0.25) is 0 Å². The lowest BCUT2D eigenvalue weighted by atomic mass is 9.96. The molecule has 1 fully saturated rings. The Bertz CT molecular complexity index is 1050. The number of nitrogens with one attached hydrogen (secondary N) is 3. The second kappa shape index (κ2) is 8.77. The summed E-state index contributed by atoms with van der Waals surface area (Å²) in [6.45, 7) is 5.72. The molecule has 0 unspecified atom stereocenters. The molecule has 30 heavy (non-hydrogen) atoms. The van der Waals surface area contributed by atoms with Gasteiger partial charge in [0.05, 0.1) is 10.9 Å². The van der Waals surface area contributed by atoms with E-state index in [2.05, 4.69) is 32.2 Å². The number of amides is 2. The van der Waals surface area contributed by atoms with Gasteiger partial charge in [0.15, 0.2) is 0 Å². The van der Waals surface area contributed by atoms with Crippen molar-refractivity contribution < 1.29 is 9.59 Å². The van der Waals surface area contributed by atoms with E-state index < -0.39 is 0 Å². The Morgan fingerprint density at radius 2 is 1.97 bits per heavy atom. The van der Waals surface area contributed by atoms with E-state index in [1.54, 1.807) is 6.20 Å². The standard InChI is InChI=1S/C22H24N6O2/c1-2-18(29)28-10-8-15(9-11-28)12-23-20-19-17(13-24-21(19)26-14-25-20)22(30)27-16-6-4-3-5-7-16/h2-7,13-15H,1,8-12H2,(H,27,30)(H2,23,24,25,26). The van der Waals surface area contributed by atoms with Crippen molar-refractivity contribution in [2.75, 3.05) is 30.3 Å². The monoisotopic (exact) mass is 404 g/mol. The third-order valence-electron chi connectivity index (χ3n) is 5.41. The van der Waals surface area contributed by atoms with Crippen molar-refractivity contribution in [2.24, 2.45) is 5.92 Å². The van der Waals surface area contributed by atoms with E-state index in [1.165, 1.54) is 12.4 Å². The molecule has 8 heteroatoms. The summed E-state index contributed by atoms with van der Waals surface area (Å²) in [7, 11) is 0. The molecular formula is C22H24N6O2. The van der Waals surface area contributed by atoms with Gasteiger partial charge in [0, 0.05) is 31.5 Å². The molecule has 0 radical (unpaired) electrons. The van der Waals surface area contributed by atoms with Crippen molar-refractivity contribution in [2.45, 2.75) is 12.8 Å². The molecule has 2 amide bonds. The molecule has 2 aromatic heterocycles. The maximum Gasteiger partial charge on any atom is 0.258 e. The molecule has 1 aliphatic heterocycles. The highest BCUT2D eigenvalue weighted by molar-refractivity contribution is 6.14. The van der Waals surface area contributed by atoms with Crippen LogP contribution in [-0.2, 0) is 4.79 Å². The normalized spacial score (nSPS) is 14.5. The Morgan fingerprint density at radius 3 is 2.70 bits per heavy atom. The van der Waals surface area contributed by atoms with Crippen molar-refractivity contribution in [3.63, 3.8) is 0 Å². The lowest BCUT2D eigenvalue weighted by Gasteiger charge is -2.31. The van der Waals surface area contributed by atoms with Crippen LogP contribution in [-0.4, -0.2) is 51.3 Å². The number of aromatic amines is 1. The molecule has 0 aliphatic carbocycles. The second-order valence-electron chi connectivity index (χ2n) is 7.32. The molecular weight excluding hydrogens is 380 g/mol. The molecule has 0 spiro atoms. The van der Waals surface area contributed by atoms with Crippen LogP contribution in [0.4, 0.5) is 11.5 Å². The summed E-state index contributed by atoms with van der Waals surface area (Å²) in [5.74, 6) is 0.815. The molecule has 154 valence electrons. The fourth-order valence-electron chi connectivity index (χ4n) is 3.72. The number of piperidine rings is 1. The van der Waals surface area contributed by atoms with E-state index >= 15 is 0 Å². The van der Waals surface area contributed by atoms with E-state index in [1.807, 2.05) is 35.2 Å². The number of fused-ring (bicyclic) bond motifs is 1. The fraction of sp³-hybridized carbons (Fsp3) is 0.273. The molecule has 0 atom stereocenters. The first-order chi connectivity index (χ1) is 14.7. The third-order valence-corrected chi connectivity index (χ3v) is 5.41. The highest BCUT2D eigenvalue weighted by atomic mass is 16.2. The van der Waals surface area contributed by atoms with Crippen LogP contribution in [0.1, 0.15) is 23.2 Å². The Balaban J connectivity index is 1.46. The van der Waals surface area contributed by atoms with Gasteiger partial charge in [0.2, 0.25) is 5.91 Å². The summed E-state index contributed by atoms with van der Waals surface area (Å²) in [4.78, 5) is 38.0. The fourth-order valence-corrected chi connectivity index (χ4v) is 3.72. The average molecular weight is 404 g/mol. The first kappa shape index (κ1) is 19.6. The Kier molecular flexibility index (Phi) is 5.74. The first-order valence-corrected chi connectivity index (χ1v) is 9.99. The summed E-state index contributed by atoms with van der Waals surface area (Å²) >= 11 is 0. The molecule has 3 heterocycles. The number of hydrogen-bond donors (Lipinski definition) is 3. The van der Waals surface area contributed by atoms with Crippen molar-refractivity contribution in [3.05, 3.63) is 61.1 Å². The summed E-state index contributed by atoms with van der Waals surface area (Å²) in [5, 5.41) is 6.96. The van der Waals surface area contributed by atoms with E-state index in [9.17, 15) is 9.59 Å². The molecule has 0 saturated carbocycles. The smallest absolute Gasteiger partial charge is 0.258 e. The van der Waals surface area contributed by atoms with E-state index in [0.717, 1.165) is 31.6 Å². The highest BCUT2D eigenvalue weighted by Crippen LogP contribution is 2.25. The second-order valence-corrected chi connectivity index (χ2v) is 7.32. The van der Waals surface area contributed by atoms with Gasteiger partial charge < -0.3 is 20.5 Å². The predicted molar refractivity (Wildman–Crippen MR) is 116 cm³/mol. The highest BCUT2D eigenvalue weighted by Gasteiger charge is 2.22. The van der Waals surface area contributed by atoms with Gasteiger partial charge in [-0.25, -0.2) is 9.97 Å². The van der Waals surface area contributed by atoms with Crippen LogP contribution < -0.4 is 10.6 Å². The van der Waals surface area contributed by atoms with Crippen molar-refractivity contribution in [3.8, 4) is 0 Å². The van der Waals surface area contributed by atoms with E-state index in [0.29, 0.717) is 34.9 Å². The van der Waals surface area contributed by atoms with Gasteiger partial charge in [-0.1, -0.05) is 24.8 Å². The van der Waals surface area contributed by atoms with E-state index in [-0.39, 0.29) is 11.8 Å². The molecule has 8 nitrogen and oxygen atoms in total. The maximum absolute atomic E-state index is 12.8. The van der Waals surface area contributed by atoms with Gasteiger partial charge in [0.1, 0.15) is 17.8 Å². The zero-order valence-corrected chi connectivity index (χ0v) is 16.6. The molecule has 4 rings (SSSR count). The van der Waals surface area contributed by atoms with Crippen molar-refractivity contribution in [1.82, 2.24) is 19.9 Å². The average Bonchev–Trinajstić information content (AvgIpc) is 3.23. The Morgan fingerprint density at radius 1 is 1.20 bits per heavy atom. The molecule has 1 aliphatic rings. The zero-order valence-electron chi connectivity index (χ0n) is 16.6. The molecule has 1 aromatic carbocycles. The zero-order chi connectivity index (χ0) is 20.9. The number of aromatic nitrogens is 3. The minimum absolute atomic E-state index is 0.0136. The number of H-pyrrole nitrogens is 1. The number of hydrogen-bond acceptors (Lipinski definition) is 5. The van der Waals surface area contributed by atoms with Gasteiger partial charge in [-0.3, -0.25) is 9.59 Å². The number of carbonyl (C=O) groups excluding carboxylic acids is 2. The largest absolute Gasteiger partial charge is 0.369 e. The van der Waals surface area contributed by atoms with Crippen molar-refractivity contribution >= 4 is 34.4 Å². The minimum Gasteiger partial charge on any atom is -0.369 e. The topological polar surface area (TPSA) is 103 Å². The Hall–Kier alpha value is -3.68. The van der Waals surface area contributed by atoms with E-state index in [4.69, 9.17) is 0 Å². The quantitative estimate of drug-likeness (QED) is 0.548. The molecule has 0 bridgehead atoms. The van der Waals surface area contributed by atoms with Gasteiger partial charge >= 0.3 is 0 Å². The van der Waals surface area contributed by atoms with Gasteiger partial charge in [-0.2, -0.15) is 0 Å². The lowest BCUT2D eigenvalue weighted by Crippen LogP contribution is -2.39. The van der Waals surface area contributed by atoms with Crippen LogP contribution >= 0.6 is 0 Å². The number of para-hydroxylation sites is 1. The summed E-state index contributed by atoms with van der Waals surface area (Å²) in [6, 6.07) is 9.32. The molecule has 3 N–H and O–H groups in total. The summed E-state index contributed by atoms with van der Waals surface area (Å²) < 4.78 is 0. The molecule has 3 aromatic rings. The maximum atomic E-state index is 12.8. The number of anilines is 2. The number of carbonyl (C=O) groups is 2. The SMILES string of the molecule is C=CC(=O)N1CCC(CNc2ncnc3[nH]cc(C(=O)Nc4ccccc4)c23)CC1. The van der Waals surface area contributed by atoms with Crippen LogP contribution in [0.25, 0.3) is 11.0 Å². The Labute approximate surface area is 174 Å². The lowest BCUT2D eigenvalue weighted by molar-refractivity contribution is -0.127. The summed E-state index contributed by atoms with van der Waals surface area (Å²) in [6.07, 6.45) is 6.32. The van der Waals surface area contributed by atoms with Crippen LogP contribution in [0.5, 0.6) is 0 Å². The third kappa shape index (κ3) is 4.17. The summed E-state index contributed by atoms with van der Waals surface area (Å²) in [5.41, 5.74) is 1.82. The molecule has 1 saturated heterocycles. The first-order valence-electron chi connectivity index (χ1n) is 9.99.